The van der Waals surface area contributed by atoms with Crippen LogP contribution in [0.1, 0.15) is 17.8 Å². The number of aromatic nitrogens is 2. The molecule has 0 unspecified atom stereocenters. The number of nitrogens with one attached hydrogen (secondary N) is 1. The van der Waals surface area contributed by atoms with Gasteiger partial charge in [-0.25, -0.2) is 9.78 Å². The SMILES string of the molecule is COc1cc(C=C2CCn3c2nc2cc(NC(=O)/C(Cl)=C(/Cl)C(=O)O)ccc2c3=O)cc(OC)c1OC. The normalized spacial score (nSPS) is 14.2. The molecule has 4 rings (SSSR count). The van der Waals surface area contributed by atoms with E-state index in [2.05, 4.69) is 10.3 Å². The van der Waals surface area contributed by atoms with Crippen molar-refractivity contribution in [2.75, 3.05) is 26.6 Å². The zero-order valence-corrected chi connectivity index (χ0v) is 21.4. The van der Waals surface area contributed by atoms with E-state index in [1.165, 1.54) is 39.5 Å². The second kappa shape index (κ2) is 10.5. The molecule has 0 spiro atoms. The van der Waals surface area contributed by atoms with E-state index in [1.54, 1.807) is 16.7 Å². The average Bonchev–Trinajstić information content (AvgIpc) is 3.29. The predicted octanol–water partition coefficient (Wildman–Crippen LogP) is 4.08. The van der Waals surface area contributed by atoms with Crippen LogP contribution in [0.2, 0.25) is 0 Å². The minimum atomic E-state index is -1.53. The van der Waals surface area contributed by atoms with Crippen molar-refractivity contribution in [1.82, 2.24) is 9.55 Å². The number of aliphatic carboxylic acids is 1. The lowest BCUT2D eigenvalue weighted by molar-refractivity contribution is -0.132. The summed E-state index contributed by atoms with van der Waals surface area (Å²) in [5.41, 5.74) is 1.97. The molecule has 3 aromatic rings. The Kier molecular flexibility index (Phi) is 7.42. The van der Waals surface area contributed by atoms with E-state index in [9.17, 15) is 14.4 Å². The lowest BCUT2D eigenvalue weighted by Gasteiger charge is -2.13. The topological polar surface area (TPSA) is 129 Å². The minimum Gasteiger partial charge on any atom is -0.493 e. The molecule has 2 aromatic carbocycles. The molecule has 0 radical (unpaired) electrons. The summed E-state index contributed by atoms with van der Waals surface area (Å²) in [6, 6.07) is 8.12. The summed E-state index contributed by atoms with van der Waals surface area (Å²) in [4.78, 5) is 41.1. The molecule has 0 bridgehead atoms. The van der Waals surface area contributed by atoms with Crippen molar-refractivity contribution in [3.63, 3.8) is 0 Å². The first-order valence-corrected chi connectivity index (χ1v) is 11.6. The molecule has 2 N–H and O–H groups in total. The monoisotopic (exact) mass is 545 g/mol. The average molecular weight is 546 g/mol. The largest absolute Gasteiger partial charge is 0.493 e. The van der Waals surface area contributed by atoms with Crippen molar-refractivity contribution in [3.8, 4) is 17.2 Å². The summed E-state index contributed by atoms with van der Waals surface area (Å²) in [6.45, 7) is 0.458. The Morgan fingerprint density at radius 1 is 1.05 bits per heavy atom. The summed E-state index contributed by atoms with van der Waals surface area (Å²) in [5, 5.41) is 10.3. The molecule has 0 fully saturated rings. The minimum absolute atomic E-state index is 0.224. The third-order valence-electron chi connectivity index (χ3n) is 5.71. The van der Waals surface area contributed by atoms with Crippen LogP contribution < -0.4 is 25.1 Å². The number of hydrogen-bond donors (Lipinski definition) is 2. The molecule has 192 valence electrons. The molecule has 10 nitrogen and oxygen atoms in total. The molecule has 0 atom stereocenters. The lowest BCUT2D eigenvalue weighted by atomic mass is 10.1. The number of carboxylic acid groups (broad SMARTS) is 1. The number of methoxy groups -OCH3 is 3. The van der Waals surface area contributed by atoms with Crippen LogP contribution in [0.3, 0.4) is 0 Å². The third kappa shape index (κ3) is 4.98. The molecule has 1 aliphatic heterocycles. The number of amides is 1. The first-order chi connectivity index (χ1) is 17.7. The number of carbonyl (C=O) groups is 2. The molecule has 0 aliphatic carbocycles. The molecule has 0 saturated carbocycles. The van der Waals surface area contributed by atoms with E-state index >= 15 is 0 Å². The van der Waals surface area contributed by atoms with E-state index in [1.807, 2.05) is 6.08 Å². The molecule has 12 heteroatoms. The molecular formula is C25H21Cl2N3O7. The summed E-state index contributed by atoms with van der Waals surface area (Å²) in [7, 11) is 4.58. The third-order valence-corrected chi connectivity index (χ3v) is 6.52. The molecular weight excluding hydrogens is 525 g/mol. The van der Waals surface area contributed by atoms with Gasteiger partial charge in [0.05, 0.1) is 32.2 Å². The van der Waals surface area contributed by atoms with Crippen LogP contribution in [-0.2, 0) is 16.1 Å². The van der Waals surface area contributed by atoms with Crippen LogP contribution in [0.5, 0.6) is 17.2 Å². The zero-order valence-electron chi connectivity index (χ0n) is 19.9. The summed E-state index contributed by atoms with van der Waals surface area (Å²) >= 11 is 11.3. The van der Waals surface area contributed by atoms with Crippen LogP contribution >= 0.6 is 23.2 Å². The maximum absolute atomic E-state index is 13.1. The first kappa shape index (κ1) is 26.1. The molecule has 1 aliphatic rings. The molecule has 1 amide bonds. The summed E-state index contributed by atoms with van der Waals surface area (Å²) in [5.74, 6) is -0.500. The smallest absolute Gasteiger partial charge is 0.349 e. The Bertz CT molecular complexity index is 1530. The number of hydrogen-bond acceptors (Lipinski definition) is 7. The van der Waals surface area contributed by atoms with Crippen LogP contribution in [0, 0.1) is 0 Å². The second-order valence-electron chi connectivity index (χ2n) is 7.89. The molecule has 37 heavy (non-hydrogen) atoms. The van der Waals surface area contributed by atoms with Gasteiger partial charge < -0.3 is 24.6 Å². The molecule has 1 aromatic heterocycles. The highest BCUT2D eigenvalue weighted by atomic mass is 35.5. The van der Waals surface area contributed by atoms with Gasteiger partial charge in [-0.2, -0.15) is 0 Å². The number of nitrogens with zero attached hydrogens (tertiary/aromatic N) is 2. The Labute approximate surface area is 220 Å². The number of benzene rings is 2. The van der Waals surface area contributed by atoms with E-state index in [0.717, 1.165) is 11.1 Å². The van der Waals surface area contributed by atoms with Gasteiger partial charge in [-0.05, 0) is 54.0 Å². The van der Waals surface area contributed by atoms with Gasteiger partial charge in [0.2, 0.25) is 5.75 Å². The molecule has 0 saturated heterocycles. The van der Waals surface area contributed by atoms with Gasteiger partial charge in [-0.15, -0.1) is 0 Å². The Morgan fingerprint density at radius 2 is 1.73 bits per heavy atom. The van der Waals surface area contributed by atoms with E-state index in [-0.39, 0.29) is 11.2 Å². The van der Waals surface area contributed by atoms with Crippen LogP contribution in [0.25, 0.3) is 22.6 Å². The predicted molar refractivity (Wildman–Crippen MR) is 140 cm³/mol. The summed E-state index contributed by atoms with van der Waals surface area (Å²) in [6.07, 6.45) is 2.47. The van der Waals surface area contributed by atoms with Crippen LogP contribution in [0.4, 0.5) is 5.69 Å². The number of anilines is 1. The number of carboxylic acids is 1. The fourth-order valence-electron chi connectivity index (χ4n) is 4.00. The quantitative estimate of drug-likeness (QED) is 0.425. The number of halogens is 2. The van der Waals surface area contributed by atoms with Gasteiger partial charge >= 0.3 is 5.97 Å². The highest BCUT2D eigenvalue weighted by molar-refractivity contribution is 6.54. The molecule has 2 heterocycles. The fourth-order valence-corrected chi connectivity index (χ4v) is 4.21. The van der Waals surface area contributed by atoms with Crippen molar-refractivity contribution in [3.05, 3.63) is 62.1 Å². The van der Waals surface area contributed by atoms with Crippen LogP contribution in [0.15, 0.2) is 45.2 Å². The maximum atomic E-state index is 13.1. The Hall–Kier alpha value is -4.02. The number of carbonyl (C=O) groups excluding carboxylic acids is 1. The van der Waals surface area contributed by atoms with Crippen molar-refractivity contribution in [2.24, 2.45) is 0 Å². The van der Waals surface area contributed by atoms with Crippen molar-refractivity contribution >= 4 is 63.3 Å². The van der Waals surface area contributed by atoms with Gasteiger partial charge in [-0.1, -0.05) is 23.2 Å². The zero-order chi connectivity index (χ0) is 26.9. The van der Waals surface area contributed by atoms with Gasteiger partial charge in [0, 0.05) is 12.2 Å². The second-order valence-corrected chi connectivity index (χ2v) is 8.65. The standard InChI is InChI=1S/C25H21Cl2N3O7/c1-35-17-9-12(10-18(36-2)21(17)37-3)8-13-6-7-30-22(13)29-16-11-14(4-5-15(16)24(30)32)28-23(31)19(26)20(27)25(33)34/h4-5,8-11H,6-7H2,1-3H3,(H,28,31)(H,33,34)/b13-8?,20-19-. The van der Waals surface area contributed by atoms with Crippen molar-refractivity contribution in [2.45, 2.75) is 13.0 Å². The number of fused-ring (bicyclic) bond motifs is 2. The van der Waals surface area contributed by atoms with Gasteiger partial charge in [0.15, 0.2) is 11.5 Å². The number of allylic oxidation sites excluding steroid dienone is 1. The Balaban J connectivity index is 1.75. The Morgan fingerprint density at radius 3 is 2.32 bits per heavy atom. The first-order valence-electron chi connectivity index (χ1n) is 10.8. The summed E-state index contributed by atoms with van der Waals surface area (Å²) < 4.78 is 17.8. The highest BCUT2D eigenvalue weighted by Gasteiger charge is 2.23. The fraction of sp³-hybridized carbons (Fsp3) is 0.200. The number of rotatable bonds is 7. The van der Waals surface area contributed by atoms with E-state index in [4.69, 9.17) is 42.5 Å². The van der Waals surface area contributed by atoms with Crippen LogP contribution in [-0.4, -0.2) is 47.9 Å². The van der Waals surface area contributed by atoms with Gasteiger partial charge in [0.1, 0.15) is 15.9 Å². The highest BCUT2D eigenvalue weighted by Crippen LogP contribution is 2.39. The van der Waals surface area contributed by atoms with Crippen molar-refractivity contribution in [1.29, 1.82) is 0 Å². The van der Waals surface area contributed by atoms with E-state index in [0.29, 0.717) is 46.9 Å². The number of ether oxygens (including phenoxy) is 3. The maximum Gasteiger partial charge on any atom is 0.349 e. The van der Waals surface area contributed by atoms with Gasteiger partial charge in [-0.3, -0.25) is 14.2 Å². The van der Waals surface area contributed by atoms with Gasteiger partial charge in [0.25, 0.3) is 11.5 Å². The van der Waals surface area contributed by atoms with Crippen molar-refractivity contribution < 1.29 is 28.9 Å². The lowest BCUT2D eigenvalue weighted by Crippen LogP contribution is -2.21. The van der Waals surface area contributed by atoms with E-state index < -0.39 is 21.9 Å².